The first-order valence-corrected chi connectivity index (χ1v) is 11.4. The van der Waals surface area contributed by atoms with Gasteiger partial charge in [-0.2, -0.15) is 5.10 Å². The lowest BCUT2D eigenvalue weighted by atomic mass is 10.3. The van der Waals surface area contributed by atoms with Gasteiger partial charge in [0.15, 0.2) is 0 Å². The minimum atomic E-state index is -3.99. The van der Waals surface area contributed by atoms with Crippen LogP contribution in [-0.4, -0.2) is 37.8 Å². The summed E-state index contributed by atoms with van der Waals surface area (Å²) < 4.78 is 40.7. The van der Waals surface area contributed by atoms with Crippen LogP contribution in [0.25, 0.3) is 0 Å². The molecule has 0 spiro atoms. The van der Waals surface area contributed by atoms with Crippen molar-refractivity contribution >= 4 is 27.3 Å². The van der Waals surface area contributed by atoms with Crippen molar-refractivity contribution in [3.8, 4) is 11.5 Å². The number of benzene rings is 2. The molecule has 9 nitrogen and oxygen atoms in total. The molecular weight excluding hydrogens is 432 g/mol. The molecule has 1 amide bonds. The van der Waals surface area contributed by atoms with Gasteiger partial charge in [0.1, 0.15) is 22.9 Å². The molecule has 0 saturated carbocycles. The van der Waals surface area contributed by atoms with Crippen LogP contribution in [0.15, 0.2) is 53.4 Å². The number of amides is 1. The number of rotatable bonds is 9. The average Bonchev–Trinajstić information content (AvgIpc) is 3.06. The van der Waals surface area contributed by atoms with E-state index < -0.39 is 10.0 Å². The monoisotopic (exact) mass is 458 g/mol. The number of ether oxygens (including phenoxy) is 2. The fourth-order valence-electron chi connectivity index (χ4n) is 3.13. The number of sulfonamides is 1. The average molecular weight is 459 g/mol. The summed E-state index contributed by atoms with van der Waals surface area (Å²) in [5.41, 5.74) is 2.36. The van der Waals surface area contributed by atoms with E-state index in [1.807, 2.05) is 26.8 Å². The van der Waals surface area contributed by atoms with Crippen LogP contribution in [-0.2, 0) is 21.4 Å². The summed E-state index contributed by atoms with van der Waals surface area (Å²) in [5.74, 6) is 0.463. The highest BCUT2D eigenvalue weighted by atomic mass is 32.2. The molecule has 170 valence electrons. The second-order valence-corrected chi connectivity index (χ2v) is 8.71. The third kappa shape index (κ3) is 5.58. The lowest BCUT2D eigenvalue weighted by Crippen LogP contribution is -2.21. The molecule has 3 rings (SSSR count). The number of hydrogen-bond donors (Lipinski definition) is 2. The Balaban J connectivity index is 1.80. The summed E-state index contributed by atoms with van der Waals surface area (Å²) in [5, 5.41) is 6.97. The first kappa shape index (κ1) is 23.1. The maximum Gasteiger partial charge on any atom is 0.265 e. The lowest BCUT2D eigenvalue weighted by molar-refractivity contribution is -0.116. The Bertz CT molecular complexity index is 1200. The molecule has 0 aliphatic rings. The van der Waals surface area contributed by atoms with E-state index in [0.717, 1.165) is 11.4 Å². The van der Waals surface area contributed by atoms with Gasteiger partial charge in [0.05, 0.1) is 19.4 Å². The molecule has 1 heterocycles. The van der Waals surface area contributed by atoms with E-state index in [-0.39, 0.29) is 23.1 Å². The molecule has 1 aromatic heterocycles. The van der Waals surface area contributed by atoms with Gasteiger partial charge in [0, 0.05) is 17.1 Å². The van der Waals surface area contributed by atoms with Gasteiger partial charge in [0.2, 0.25) is 5.91 Å². The van der Waals surface area contributed by atoms with Crippen molar-refractivity contribution in [3.63, 3.8) is 0 Å². The maximum atomic E-state index is 13.0. The van der Waals surface area contributed by atoms with E-state index in [9.17, 15) is 13.2 Å². The van der Waals surface area contributed by atoms with Crippen LogP contribution in [0.1, 0.15) is 18.3 Å². The topological polar surface area (TPSA) is 112 Å². The van der Waals surface area contributed by atoms with Crippen molar-refractivity contribution in [2.75, 3.05) is 23.8 Å². The number of carbonyl (C=O) groups excluding carboxylic acids is 1. The van der Waals surface area contributed by atoms with Crippen LogP contribution in [0.3, 0.4) is 0 Å². The van der Waals surface area contributed by atoms with Gasteiger partial charge in [-0.25, -0.2) is 8.42 Å². The molecule has 2 aromatic carbocycles. The van der Waals surface area contributed by atoms with E-state index >= 15 is 0 Å². The molecule has 0 aliphatic heterocycles. The number of nitrogens with one attached hydrogen (secondary N) is 2. The molecule has 0 fully saturated rings. The Morgan fingerprint density at radius 2 is 1.75 bits per heavy atom. The zero-order valence-corrected chi connectivity index (χ0v) is 19.2. The van der Waals surface area contributed by atoms with Crippen molar-refractivity contribution in [3.05, 3.63) is 59.9 Å². The van der Waals surface area contributed by atoms with Crippen LogP contribution >= 0.6 is 0 Å². The number of aryl methyl sites for hydroxylation is 2. The first-order chi connectivity index (χ1) is 15.2. The highest BCUT2D eigenvalue weighted by molar-refractivity contribution is 7.92. The third-order valence-corrected chi connectivity index (χ3v) is 5.95. The van der Waals surface area contributed by atoms with Gasteiger partial charge >= 0.3 is 0 Å². The number of aromatic nitrogens is 2. The van der Waals surface area contributed by atoms with Crippen molar-refractivity contribution in [2.45, 2.75) is 32.2 Å². The Morgan fingerprint density at radius 3 is 2.34 bits per heavy atom. The Morgan fingerprint density at radius 1 is 1.06 bits per heavy atom. The van der Waals surface area contributed by atoms with E-state index in [2.05, 4.69) is 15.1 Å². The second kappa shape index (κ2) is 9.73. The highest BCUT2D eigenvalue weighted by Gasteiger charge is 2.21. The SMILES string of the molecule is CCOc1ccc(NS(=O)(=O)c2cc(NC(=O)Cn3nc(C)cc3C)ccc2OC)cc1. The van der Waals surface area contributed by atoms with Gasteiger partial charge in [-0.15, -0.1) is 0 Å². The zero-order valence-electron chi connectivity index (χ0n) is 18.4. The predicted octanol–water partition coefficient (Wildman–Crippen LogP) is 3.35. The summed E-state index contributed by atoms with van der Waals surface area (Å²) in [6, 6.07) is 12.9. The number of nitrogens with zero attached hydrogens (tertiary/aromatic N) is 2. The Kier molecular flexibility index (Phi) is 7.04. The van der Waals surface area contributed by atoms with Gasteiger partial charge < -0.3 is 14.8 Å². The van der Waals surface area contributed by atoms with Crippen LogP contribution in [0.2, 0.25) is 0 Å². The van der Waals surface area contributed by atoms with Gasteiger partial charge in [-0.3, -0.25) is 14.2 Å². The first-order valence-electron chi connectivity index (χ1n) is 9.96. The summed E-state index contributed by atoms with van der Waals surface area (Å²) in [4.78, 5) is 12.4. The zero-order chi connectivity index (χ0) is 23.3. The van der Waals surface area contributed by atoms with Crippen LogP contribution < -0.4 is 19.5 Å². The lowest BCUT2D eigenvalue weighted by Gasteiger charge is -2.14. The molecule has 10 heteroatoms. The van der Waals surface area contributed by atoms with Gasteiger partial charge in [-0.05, 0) is 69.3 Å². The highest BCUT2D eigenvalue weighted by Crippen LogP contribution is 2.29. The molecule has 32 heavy (non-hydrogen) atoms. The second-order valence-electron chi connectivity index (χ2n) is 7.06. The van der Waals surface area contributed by atoms with Crippen molar-refractivity contribution < 1.29 is 22.7 Å². The minimum Gasteiger partial charge on any atom is -0.495 e. The standard InChI is InChI=1S/C22H26N4O5S/c1-5-31-19-9-6-17(7-10-19)25-32(28,29)21-13-18(8-11-20(21)30-4)23-22(27)14-26-16(3)12-15(2)24-26/h6-13,25H,5,14H2,1-4H3,(H,23,27). The van der Waals surface area contributed by atoms with E-state index in [0.29, 0.717) is 23.7 Å². The third-order valence-electron chi connectivity index (χ3n) is 4.55. The summed E-state index contributed by atoms with van der Waals surface area (Å²) in [6.07, 6.45) is 0. The molecule has 0 bridgehead atoms. The molecule has 0 radical (unpaired) electrons. The Hall–Kier alpha value is -3.53. The summed E-state index contributed by atoms with van der Waals surface area (Å²) in [6.45, 7) is 6.10. The van der Waals surface area contributed by atoms with E-state index in [1.54, 1.807) is 35.0 Å². The quantitative estimate of drug-likeness (QED) is 0.509. The fraction of sp³-hybridized carbons (Fsp3) is 0.273. The molecule has 0 atom stereocenters. The smallest absolute Gasteiger partial charge is 0.265 e. The van der Waals surface area contributed by atoms with Crippen molar-refractivity contribution in [1.82, 2.24) is 9.78 Å². The minimum absolute atomic E-state index is 0.0121. The molecular formula is C22H26N4O5S. The van der Waals surface area contributed by atoms with E-state index in [1.165, 1.54) is 19.2 Å². The van der Waals surface area contributed by atoms with Crippen LogP contribution in [0, 0.1) is 13.8 Å². The molecule has 3 aromatic rings. The summed E-state index contributed by atoms with van der Waals surface area (Å²) in [7, 11) is -2.61. The predicted molar refractivity (Wildman–Crippen MR) is 122 cm³/mol. The normalized spacial score (nSPS) is 11.1. The summed E-state index contributed by atoms with van der Waals surface area (Å²) >= 11 is 0. The largest absolute Gasteiger partial charge is 0.495 e. The van der Waals surface area contributed by atoms with Gasteiger partial charge in [0.25, 0.3) is 10.0 Å². The van der Waals surface area contributed by atoms with Crippen LogP contribution in [0.5, 0.6) is 11.5 Å². The number of anilines is 2. The molecule has 0 unspecified atom stereocenters. The van der Waals surface area contributed by atoms with Crippen molar-refractivity contribution in [2.24, 2.45) is 0 Å². The van der Waals surface area contributed by atoms with Gasteiger partial charge in [-0.1, -0.05) is 0 Å². The number of carbonyl (C=O) groups is 1. The van der Waals surface area contributed by atoms with E-state index in [4.69, 9.17) is 9.47 Å². The van der Waals surface area contributed by atoms with Crippen LogP contribution in [0.4, 0.5) is 11.4 Å². The molecule has 0 saturated heterocycles. The molecule has 2 N–H and O–H groups in total. The number of hydrogen-bond acceptors (Lipinski definition) is 6. The fourth-order valence-corrected chi connectivity index (χ4v) is 4.39. The van der Waals surface area contributed by atoms with Crippen molar-refractivity contribution in [1.29, 1.82) is 0 Å². The maximum absolute atomic E-state index is 13.0. The molecule has 0 aliphatic carbocycles. The Labute approximate surface area is 187 Å². The number of methoxy groups -OCH3 is 1.